The van der Waals surface area contributed by atoms with Crippen molar-refractivity contribution >= 4 is 29.5 Å². The van der Waals surface area contributed by atoms with Crippen LogP contribution in [0.3, 0.4) is 0 Å². The van der Waals surface area contributed by atoms with Crippen molar-refractivity contribution in [3.05, 3.63) is 0 Å². The van der Waals surface area contributed by atoms with E-state index in [-0.39, 0.29) is 12.3 Å². The van der Waals surface area contributed by atoms with Crippen LogP contribution in [0.4, 0.5) is 13.2 Å². The molecule has 0 heterocycles. The average molecular weight is 373 g/mol. The van der Waals surface area contributed by atoms with E-state index in [1.54, 1.807) is 13.8 Å². The predicted octanol–water partition coefficient (Wildman–Crippen LogP) is 0.687. The zero-order valence-electron chi connectivity index (χ0n) is 13.5. The van der Waals surface area contributed by atoms with E-state index >= 15 is 0 Å². The first-order chi connectivity index (χ1) is 10.8. The first kappa shape index (κ1) is 22.5. The molecule has 0 radical (unpaired) electrons. The molecular weight excluding hydrogens is 351 g/mol. The van der Waals surface area contributed by atoms with E-state index in [1.165, 1.54) is 6.92 Å². The predicted molar refractivity (Wildman–Crippen MR) is 83.1 cm³/mol. The van der Waals surface area contributed by atoms with E-state index in [1.807, 2.05) is 0 Å². The molecule has 5 N–H and O–H groups in total. The van der Waals surface area contributed by atoms with E-state index in [9.17, 15) is 27.6 Å². The summed E-state index contributed by atoms with van der Waals surface area (Å²) in [6.45, 7) is 4.85. The summed E-state index contributed by atoms with van der Waals surface area (Å²) in [5.74, 6) is -3.57. The van der Waals surface area contributed by atoms with Gasteiger partial charge in [-0.3, -0.25) is 9.59 Å². The monoisotopic (exact) mass is 373 g/mol. The summed E-state index contributed by atoms with van der Waals surface area (Å²) in [6, 6.07) is -3.70. The molecule has 0 spiro atoms. The maximum absolute atomic E-state index is 12.0. The summed E-state index contributed by atoms with van der Waals surface area (Å²) in [6.07, 6.45) is 0.198. The number of thioether (sulfide) groups is 1. The number of nitrogens with one attached hydrogen (secondary N) is 2. The fourth-order valence-corrected chi connectivity index (χ4v) is 2.16. The van der Waals surface area contributed by atoms with Gasteiger partial charge in [0.1, 0.15) is 12.1 Å². The van der Waals surface area contributed by atoms with E-state index in [2.05, 4.69) is 10.6 Å². The number of hydrogen-bond donors (Lipinski definition) is 4. The van der Waals surface area contributed by atoms with Crippen LogP contribution in [0.2, 0.25) is 0 Å². The Balaban J connectivity index is 4.52. The molecule has 0 aliphatic rings. The van der Waals surface area contributed by atoms with Crippen molar-refractivity contribution in [1.29, 1.82) is 0 Å². The molecule has 0 aromatic carbocycles. The topological polar surface area (TPSA) is 122 Å². The third kappa shape index (κ3) is 9.60. The maximum atomic E-state index is 12.0. The largest absolute Gasteiger partial charge is 0.480 e. The molecule has 2 amide bonds. The first-order valence-electron chi connectivity index (χ1n) is 7.13. The molecule has 7 nitrogen and oxygen atoms in total. The minimum absolute atomic E-state index is 0.0177. The van der Waals surface area contributed by atoms with E-state index in [0.29, 0.717) is 0 Å². The highest BCUT2D eigenvalue weighted by atomic mass is 32.2. The lowest BCUT2D eigenvalue weighted by molar-refractivity contribution is -0.142. The third-order valence-electron chi connectivity index (χ3n) is 2.84. The van der Waals surface area contributed by atoms with Crippen molar-refractivity contribution in [3.8, 4) is 0 Å². The van der Waals surface area contributed by atoms with Crippen molar-refractivity contribution in [2.75, 3.05) is 5.75 Å². The molecule has 0 saturated carbocycles. The fourth-order valence-electron chi connectivity index (χ4n) is 1.64. The number of rotatable bonds is 9. The van der Waals surface area contributed by atoms with E-state index < -0.39 is 58.9 Å². The van der Waals surface area contributed by atoms with Crippen molar-refractivity contribution < 1.29 is 32.7 Å². The van der Waals surface area contributed by atoms with Gasteiger partial charge in [-0.05, 0) is 31.0 Å². The van der Waals surface area contributed by atoms with E-state index in [4.69, 9.17) is 10.8 Å². The summed E-state index contributed by atoms with van der Waals surface area (Å²) in [5, 5.41) is 13.5. The first-order valence-corrected chi connectivity index (χ1v) is 8.11. The van der Waals surface area contributed by atoms with Crippen LogP contribution in [0, 0.1) is 5.92 Å². The Hall–Kier alpha value is -1.49. The Labute approximate surface area is 141 Å². The van der Waals surface area contributed by atoms with Crippen LogP contribution in [-0.2, 0) is 14.4 Å². The second kappa shape index (κ2) is 9.72. The summed E-state index contributed by atoms with van der Waals surface area (Å²) in [7, 11) is 0. The van der Waals surface area contributed by atoms with E-state index in [0.717, 1.165) is 0 Å². The normalized spacial score (nSPS) is 15.5. The SMILES string of the molecule is CC(C)C[C@H](NC(=O)[C@H](C)NC(=O)[C@@H](N)CSC(F)(F)F)C(=O)O. The highest BCUT2D eigenvalue weighted by molar-refractivity contribution is 8.00. The van der Waals surface area contributed by atoms with Gasteiger partial charge >= 0.3 is 11.5 Å². The fraction of sp³-hybridized carbons (Fsp3) is 0.769. The molecule has 0 unspecified atom stereocenters. The van der Waals surface area contributed by atoms with Gasteiger partial charge in [0.2, 0.25) is 11.8 Å². The molecule has 0 aliphatic carbocycles. The van der Waals surface area contributed by atoms with Crippen LogP contribution >= 0.6 is 11.8 Å². The molecule has 0 rings (SSSR count). The molecule has 24 heavy (non-hydrogen) atoms. The molecule has 0 aromatic rings. The summed E-state index contributed by atoms with van der Waals surface area (Å²) < 4.78 is 36.1. The third-order valence-corrected chi connectivity index (χ3v) is 3.69. The molecule has 0 bridgehead atoms. The number of halogens is 3. The molecule has 3 atom stereocenters. The zero-order chi connectivity index (χ0) is 19.1. The quantitative estimate of drug-likeness (QED) is 0.472. The van der Waals surface area contributed by atoms with Crippen LogP contribution in [0.25, 0.3) is 0 Å². The van der Waals surface area contributed by atoms with Crippen molar-refractivity contribution in [2.24, 2.45) is 11.7 Å². The standard InChI is InChI=1S/C13H22F3N3O4S/c1-6(2)4-9(12(22)23)19-10(20)7(3)18-11(21)8(17)5-24-13(14,15)16/h6-9H,4-5,17H2,1-3H3,(H,18,21)(H,19,20)(H,22,23)/t7-,8-,9-/m0/s1. The van der Waals surface area contributed by atoms with Gasteiger partial charge in [0.15, 0.2) is 0 Å². The minimum Gasteiger partial charge on any atom is -0.480 e. The molecule has 0 aromatic heterocycles. The Kier molecular flexibility index (Phi) is 9.12. The smallest absolute Gasteiger partial charge is 0.441 e. The Morgan fingerprint density at radius 1 is 1.12 bits per heavy atom. The molecule has 11 heteroatoms. The average Bonchev–Trinajstić information content (AvgIpc) is 2.42. The van der Waals surface area contributed by atoms with Gasteiger partial charge in [-0.25, -0.2) is 4.79 Å². The van der Waals surface area contributed by atoms with Gasteiger partial charge in [0.25, 0.3) is 0 Å². The molecular formula is C13H22F3N3O4S. The van der Waals surface area contributed by atoms with Crippen LogP contribution in [0.1, 0.15) is 27.2 Å². The highest BCUT2D eigenvalue weighted by Gasteiger charge is 2.31. The lowest BCUT2D eigenvalue weighted by Crippen LogP contribution is -2.54. The second-order valence-electron chi connectivity index (χ2n) is 5.62. The number of nitrogens with two attached hydrogens (primary N) is 1. The molecule has 0 saturated heterocycles. The number of carbonyl (C=O) groups is 3. The van der Waals surface area contributed by atoms with Gasteiger partial charge in [0.05, 0.1) is 6.04 Å². The van der Waals surface area contributed by atoms with Crippen LogP contribution < -0.4 is 16.4 Å². The minimum atomic E-state index is -4.51. The Morgan fingerprint density at radius 2 is 1.67 bits per heavy atom. The summed E-state index contributed by atoms with van der Waals surface area (Å²) in [5.41, 5.74) is 0.822. The molecule has 0 aliphatic heterocycles. The Morgan fingerprint density at radius 3 is 2.08 bits per heavy atom. The number of amides is 2. The zero-order valence-corrected chi connectivity index (χ0v) is 14.3. The van der Waals surface area contributed by atoms with Crippen LogP contribution in [-0.4, -0.2) is 52.3 Å². The van der Waals surface area contributed by atoms with Crippen LogP contribution in [0.5, 0.6) is 0 Å². The van der Waals surface area contributed by atoms with Gasteiger partial charge in [-0.2, -0.15) is 13.2 Å². The van der Waals surface area contributed by atoms with Gasteiger partial charge in [-0.15, -0.1) is 0 Å². The molecule has 140 valence electrons. The van der Waals surface area contributed by atoms with Crippen molar-refractivity contribution in [1.82, 2.24) is 10.6 Å². The summed E-state index contributed by atoms with van der Waals surface area (Å²) in [4.78, 5) is 34.6. The number of carboxylic acid groups (broad SMARTS) is 1. The lowest BCUT2D eigenvalue weighted by Gasteiger charge is -2.21. The second-order valence-corrected chi connectivity index (χ2v) is 6.71. The number of carbonyl (C=O) groups excluding carboxylic acids is 2. The highest BCUT2D eigenvalue weighted by Crippen LogP contribution is 2.30. The van der Waals surface area contributed by atoms with Crippen LogP contribution in [0.15, 0.2) is 0 Å². The molecule has 0 fully saturated rings. The van der Waals surface area contributed by atoms with Gasteiger partial charge < -0.3 is 21.5 Å². The number of alkyl halides is 3. The van der Waals surface area contributed by atoms with Gasteiger partial charge in [0, 0.05) is 5.75 Å². The number of carboxylic acids is 1. The van der Waals surface area contributed by atoms with Crippen molar-refractivity contribution in [2.45, 2.75) is 50.8 Å². The number of aliphatic carboxylic acids is 1. The number of hydrogen-bond acceptors (Lipinski definition) is 5. The summed E-state index contributed by atoms with van der Waals surface area (Å²) >= 11 is -0.437. The lowest BCUT2D eigenvalue weighted by atomic mass is 10.0. The Bertz CT molecular complexity index is 460. The maximum Gasteiger partial charge on any atom is 0.441 e. The van der Waals surface area contributed by atoms with Crippen molar-refractivity contribution in [3.63, 3.8) is 0 Å². The van der Waals surface area contributed by atoms with Gasteiger partial charge in [-0.1, -0.05) is 13.8 Å².